The fourth-order valence-corrected chi connectivity index (χ4v) is 3.34. The molecule has 10 heteroatoms. The molecule has 10 nitrogen and oxygen atoms in total. The second kappa shape index (κ2) is 7.91. The summed E-state index contributed by atoms with van der Waals surface area (Å²) in [4.78, 5) is 38.1. The number of nitro benzene ring substituents is 2. The van der Waals surface area contributed by atoms with Crippen molar-refractivity contribution in [2.45, 2.75) is 13.8 Å². The van der Waals surface area contributed by atoms with E-state index in [1.165, 1.54) is 0 Å². The van der Waals surface area contributed by atoms with Crippen LogP contribution >= 0.6 is 0 Å². The molecule has 0 bridgehead atoms. The van der Waals surface area contributed by atoms with Crippen LogP contribution in [0.25, 0.3) is 16.9 Å². The molecule has 0 atom stereocenters. The van der Waals surface area contributed by atoms with Crippen LogP contribution in [0.5, 0.6) is 0 Å². The Morgan fingerprint density at radius 1 is 0.969 bits per heavy atom. The van der Waals surface area contributed by atoms with E-state index in [0.717, 1.165) is 40.5 Å². The van der Waals surface area contributed by atoms with Gasteiger partial charge in [-0.2, -0.15) is 0 Å². The third kappa shape index (κ3) is 3.88. The molecule has 0 saturated heterocycles. The van der Waals surface area contributed by atoms with Gasteiger partial charge in [-0.05, 0) is 37.1 Å². The zero-order valence-electron chi connectivity index (χ0n) is 17.1. The molecular formula is C22H17N5O5. The predicted octanol–water partition coefficient (Wildman–Crippen LogP) is 4.69. The van der Waals surface area contributed by atoms with E-state index in [9.17, 15) is 25.0 Å². The van der Waals surface area contributed by atoms with Gasteiger partial charge in [0.1, 0.15) is 5.65 Å². The molecular weight excluding hydrogens is 414 g/mol. The Balaban J connectivity index is 1.69. The summed E-state index contributed by atoms with van der Waals surface area (Å²) in [6.45, 7) is 3.76. The van der Waals surface area contributed by atoms with E-state index >= 15 is 0 Å². The molecule has 0 fully saturated rings. The lowest BCUT2D eigenvalue weighted by Gasteiger charge is -2.10. The van der Waals surface area contributed by atoms with Crippen molar-refractivity contribution in [1.29, 1.82) is 0 Å². The van der Waals surface area contributed by atoms with Crippen LogP contribution in [0.15, 0.2) is 60.9 Å². The van der Waals surface area contributed by atoms with Gasteiger partial charge in [-0.3, -0.25) is 25.0 Å². The SMILES string of the molecule is Cc1ccc(-c2cn3cccc(C)c3n2)cc1NC(=O)c1cc([N+](=O)[O-])cc([N+](=O)[O-])c1. The first-order valence-electron chi connectivity index (χ1n) is 9.53. The van der Waals surface area contributed by atoms with Crippen molar-refractivity contribution in [2.24, 2.45) is 0 Å². The second-order valence-electron chi connectivity index (χ2n) is 7.28. The molecule has 160 valence electrons. The van der Waals surface area contributed by atoms with Crippen molar-refractivity contribution >= 4 is 28.6 Å². The van der Waals surface area contributed by atoms with Crippen molar-refractivity contribution in [1.82, 2.24) is 9.38 Å². The Hall–Kier alpha value is -4.60. The van der Waals surface area contributed by atoms with Crippen molar-refractivity contribution in [3.05, 3.63) is 97.8 Å². The van der Waals surface area contributed by atoms with Crippen molar-refractivity contribution < 1.29 is 14.6 Å². The summed E-state index contributed by atoms with van der Waals surface area (Å²) in [6, 6.07) is 12.2. The van der Waals surface area contributed by atoms with Crippen LogP contribution in [0, 0.1) is 34.1 Å². The molecule has 2 aromatic carbocycles. The number of nitrogens with one attached hydrogen (secondary N) is 1. The first-order chi connectivity index (χ1) is 15.2. The predicted molar refractivity (Wildman–Crippen MR) is 118 cm³/mol. The summed E-state index contributed by atoms with van der Waals surface area (Å²) in [5.41, 5.74) is 3.28. The molecule has 0 aliphatic heterocycles. The highest BCUT2D eigenvalue weighted by molar-refractivity contribution is 6.05. The standard InChI is InChI=1S/C22H17N5O5/c1-13-5-6-15(20-12-25-7-3-4-14(2)21(25)23-20)10-19(13)24-22(28)16-8-17(26(29)30)11-18(9-16)27(31)32/h3-12H,1-2H3,(H,24,28). The van der Waals surface area contributed by atoms with Crippen LogP contribution in [-0.2, 0) is 0 Å². The average Bonchev–Trinajstić information content (AvgIpc) is 3.20. The summed E-state index contributed by atoms with van der Waals surface area (Å²) < 4.78 is 1.91. The number of imidazole rings is 1. The number of aromatic nitrogens is 2. The normalized spacial score (nSPS) is 10.8. The van der Waals surface area contributed by atoms with Gasteiger partial charge in [-0.1, -0.05) is 18.2 Å². The monoisotopic (exact) mass is 431 g/mol. The van der Waals surface area contributed by atoms with Crippen molar-refractivity contribution in [3.8, 4) is 11.3 Å². The first-order valence-corrected chi connectivity index (χ1v) is 9.53. The highest BCUT2D eigenvalue weighted by atomic mass is 16.6. The molecule has 4 aromatic rings. The number of hydrogen-bond donors (Lipinski definition) is 1. The molecule has 0 saturated carbocycles. The minimum absolute atomic E-state index is 0.181. The van der Waals surface area contributed by atoms with Gasteiger partial charge in [-0.15, -0.1) is 0 Å². The number of fused-ring (bicyclic) bond motifs is 1. The number of non-ortho nitro benzene ring substituents is 2. The summed E-state index contributed by atoms with van der Waals surface area (Å²) >= 11 is 0. The number of aryl methyl sites for hydroxylation is 2. The summed E-state index contributed by atoms with van der Waals surface area (Å²) in [5.74, 6) is -0.692. The number of hydrogen-bond acceptors (Lipinski definition) is 6. The van der Waals surface area contributed by atoms with Crippen LogP contribution in [0.2, 0.25) is 0 Å². The van der Waals surface area contributed by atoms with E-state index < -0.39 is 27.1 Å². The molecule has 0 unspecified atom stereocenters. The van der Waals surface area contributed by atoms with Gasteiger partial charge in [0.05, 0.1) is 27.2 Å². The maximum Gasteiger partial charge on any atom is 0.277 e. The Kier molecular flexibility index (Phi) is 5.11. The van der Waals surface area contributed by atoms with Crippen LogP contribution in [0.3, 0.4) is 0 Å². The minimum atomic E-state index is -0.777. The number of rotatable bonds is 5. The molecule has 0 aliphatic rings. The third-order valence-corrected chi connectivity index (χ3v) is 5.05. The number of benzene rings is 2. The lowest BCUT2D eigenvalue weighted by Crippen LogP contribution is -2.13. The van der Waals surface area contributed by atoms with E-state index in [-0.39, 0.29) is 5.56 Å². The zero-order chi connectivity index (χ0) is 23.0. The van der Waals surface area contributed by atoms with E-state index in [2.05, 4.69) is 10.3 Å². The van der Waals surface area contributed by atoms with E-state index in [1.807, 2.05) is 48.0 Å². The van der Waals surface area contributed by atoms with Crippen LogP contribution in [-0.4, -0.2) is 25.1 Å². The lowest BCUT2D eigenvalue weighted by molar-refractivity contribution is -0.394. The smallest absolute Gasteiger partial charge is 0.277 e. The van der Waals surface area contributed by atoms with Gasteiger partial charge in [-0.25, -0.2) is 4.98 Å². The van der Waals surface area contributed by atoms with Gasteiger partial charge in [0.2, 0.25) is 0 Å². The number of carbonyl (C=O) groups excluding carboxylic acids is 1. The number of anilines is 1. The van der Waals surface area contributed by atoms with Crippen LogP contribution in [0.1, 0.15) is 21.5 Å². The molecule has 32 heavy (non-hydrogen) atoms. The van der Waals surface area contributed by atoms with Gasteiger partial charge in [0.15, 0.2) is 0 Å². The molecule has 0 aliphatic carbocycles. The number of nitrogens with zero attached hydrogens (tertiary/aromatic N) is 4. The average molecular weight is 431 g/mol. The second-order valence-corrected chi connectivity index (χ2v) is 7.28. The fourth-order valence-electron chi connectivity index (χ4n) is 3.34. The summed E-state index contributed by atoms with van der Waals surface area (Å²) in [5, 5.41) is 24.9. The van der Waals surface area contributed by atoms with Gasteiger partial charge >= 0.3 is 0 Å². The van der Waals surface area contributed by atoms with Gasteiger partial charge in [0, 0.05) is 35.8 Å². The summed E-state index contributed by atoms with van der Waals surface area (Å²) in [7, 11) is 0. The molecule has 1 amide bonds. The molecule has 2 heterocycles. The Labute approximate surface area is 181 Å². The lowest BCUT2D eigenvalue weighted by atomic mass is 10.1. The van der Waals surface area contributed by atoms with Crippen molar-refractivity contribution in [3.63, 3.8) is 0 Å². The van der Waals surface area contributed by atoms with E-state index in [4.69, 9.17) is 0 Å². The topological polar surface area (TPSA) is 133 Å². The summed E-state index contributed by atoms with van der Waals surface area (Å²) in [6.07, 6.45) is 3.77. The molecule has 4 rings (SSSR count). The van der Waals surface area contributed by atoms with Gasteiger partial charge in [0.25, 0.3) is 17.3 Å². The molecule has 0 spiro atoms. The number of carbonyl (C=O) groups is 1. The number of nitro groups is 2. The quantitative estimate of drug-likeness (QED) is 0.360. The Morgan fingerprint density at radius 2 is 1.66 bits per heavy atom. The molecule has 1 N–H and O–H groups in total. The van der Waals surface area contributed by atoms with E-state index in [1.54, 1.807) is 13.0 Å². The highest BCUT2D eigenvalue weighted by Crippen LogP contribution is 2.28. The largest absolute Gasteiger partial charge is 0.322 e. The Morgan fingerprint density at radius 3 is 2.28 bits per heavy atom. The van der Waals surface area contributed by atoms with Crippen LogP contribution < -0.4 is 5.32 Å². The fraction of sp³-hybridized carbons (Fsp3) is 0.0909. The number of amides is 1. The van der Waals surface area contributed by atoms with E-state index in [0.29, 0.717) is 11.4 Å². The van der Waals surface area contributed by atoms with Crippen LogP contribution in [0.4, 0.5) is 17.1 Å². The third-order valence-electron chi connectivity index (χ3n) is 5.05. The van der Waals surface area contributed by atoms with Gasteiger partial charge < -0.3 is 9.72 Å². The maximum absolute atomic E-state index is 12.8. The highest BCUT2D eigenvalue weighted by Gasteiger charge is 2.20. The molecule has 2 aromatic heterocycles. The van der Waals surface area contributed by atoms with Crippen molar-refractivity contribution in [2.75, 3.05) is 5.32 Å². The first kappa shape index (κ1) is 20.7. The minimum Gasteiger partial charge on any atom is -0.322 e. The Bertz CT molecular complexity index is 1380. The number of pyridine rings is 1. The maximum atomic E-state index is 12.8. The zero-order valence-corrected chi connectivity index (χ0v) is 17.1. The molecule has 0 radical (unpaired) electrons.